The largest absolute Gasteiger partial charge is 0.351 e. The lowest BCUT2D eigenvalue weighted by Gasteiger charge is -2.28. The molecule has 3 heterocycles. The van der Waals surface area contributed by atoms with Crippen molar-refractivity contribution in [2.24, 2.45) is 0 Å². The standard InChI is InChI=1S/C32H26FN5O2S2/c1-20-19-26(21(2)36(20)29-9-4-3-7-27(29)33)31-30(28-8-5-6-18-34-28)35-32(41)37(31)22-10-14-24(15-11-22)42-25-16-12-23(13-17-25)38(39)40/h3-19,30-31H,1-2H3,(H,35,41)/t30-,31-/m1/s1. The number of nitrogens with one attached hydrogen (secondary N) is 1. The highest BCUT2D eigenvalue weighted by Gasteiger charge is 2.42. The second-order valence-corrected chi connectivity index (χ2v) is 11.5. The molecule has 210 valence electrons. The molecule has 7 nitrogen and oxygen atoms in total. The Morgan fingerprint density at radius 2 is 1.62 bits per heavy atom. The molecule has 0 amide bonds. The second kappa shape index (κ2) is 11.4. The number of non-ortho nitro benzene ring substituents is 1. The molecule has 10 heteroatoms. The van der Waals surface area contributed by atoms with E-state index in [1.165, 1.54) is 30.0 Å². The van der Waals surface area contributed by atoms with Crippen molar-refractivity contribution in [3.63, 3.8) is 0 Å². The van der Waals surface area contributed by atoms with Crippen LogP contribution < -0.4 is 10.2 Å². The Labute approximate surface area is 252 Å². The number of aryl methyl sites for hydroxylation is 1. The first-order valence-electron chi connectivity index (χ1n) is 13.3. The molecule has 6 rings (SSSR count). The summed E-state index contributed by atoms with van der Waals surface area (Å²) in [6, 6.07) is 28.8. The number of hydrogen-bond acceptors (Lipinski definition) is 5. The zero-order chi connectivity index (χ0) is 29.4. The Hall–Kier alpha value is -4.54. The van der Waals surface area contributed by atoms with Gasteiger partial charge in [0.15, 0.2) is 5.11 Å². The highest BCUT2D eigenvalue weighted by Crippen LogP contribution is 2.44. The topological polar surface area (TPSA) is 76.2 Å². The zero-order valence-corrected chi connectivity index (χ0v) is 24.4. The summed E-state index contributed by atoms with van der Waals surface area (Å²) >= 11 is 7.43. The molecular weight excluding hydrogens is 570 g/mol. The summed E-state index contributed by atoms with van der Waals surface area (Å²) in [4.78, 5) is 19.2. The number of benzene rings is 3. The van der Waals surface area contributed by atoms with Crippen LogP contribution in [0.3, 0.4) is 0 Å². The van der Waals surface area contributed by atoms with E-state index in [1.807, 2.05) is 66.9 Å². The number of aromatic nitrogens is 2. The quantitative estimate of drug-likeness (QED) is 0.117. The van der Waals surface area contributed by atoms with Crippen molar-refractivity contribution in [3.8, 4) is 5.69 Å². The van der Waals surface area contributed by atoms with Crippen molar-refractivity contribution in [1.82, 2.24) is 14.9 Å². The van der Waals surface area contributed by atoms with E-state index in [0.717, 1.165) is 38.1 Å². The molecule has 2 aromatic heterocycles. The first kappa shape index (κ1) is 27.6. The number of hydrogen-bond donors (Lipinski definition) is 1. The van der Waals surface area contributed by atoms with Crippen LogP contribution in [0, 0.1) is 29.8 Å². The fourth-order valence-electron chi connectivity index (χ4n) is 5.49. The van der Waals surface area contributed by atoms with Gasteiger partial charge in [-0.1, -0.05) is 30.0 Å². The van der Waals surface area contributed by atoms with Crippen LogP contribution in [0.2, 0.25) is 0 Å². The summed E-state index contributed by atoms with van der Waals surface area (Å²) < 4.78 is 16.9. The van der Waals surface area contributed by atoms with Gasteiger partial charge in [-0.15, -0.1) is 0 Å². The van der Waals surface area contributed by atoms with Crippen LogP contribution in [0.1, 0.15) is 34.7 Å². The molecule has 0 aliphatic carbocycles. The van der Waals surface area contributed by atoms with Gasteiger partial charge in [-0.25, -0.2) is 4.39 Å². The van der Waals surface area contributed by atoms with E-state index in [9.17, 15) is 14.5 Å². The van der Waals surface area contributed by atoms with Gasteiger partial charge in [0.05, 0.1) is 28.4 Å². The summed E-state index contributed by atoms with van der Waals surface area (Å²) in [7, 11) is 0. The highest BCUT2D eigenvalue weighted by atomic mass is 32.2. The molecule has 42 heavy (non-hydrogen) atoms. The first-order valence-corrected chi connectivity index (χ1v) is 14.5. The SMILES string of the molecule is Cc1cc([C@@H]2[C@@H](c3ccccn3)NC(=S)N2c2ccc(Sc3ccc([N+](=O)[O-])cc3)cc2)c(C)n1-c1ccccc1F. The van der Waals surface area contributed by atoms with Gasteiger partial charge in [0.25, 0.3) is 5.69 Å². The minimum absolute atomic E-state index is 0.0626. The van der Waals surface area contributed by atoms with Crippen LogP contribution in [0.15, 0.2) is 113 Å². The lowest BCUT2D eigenvalue weighted by atomic mass is 9.96. The van der Waals surface area contributed by atoms with E-state index in [2.05, 4.69) is 21.3 Å². The van der Waals surface area contributed by atoms with E-state index in [0.29, 0.717) is 10.8 Å². The number of rotatable bonds is 7. The number of pyridine rings is 1. The molecular formula is C32H26FN5O2S2. The summed E-state index contributed by atoms with van der Waals surface area (Å²) in [6.07, 6.45) is 1.77. The molecule has 3 aromatic carbocycles. The minimum atomic E-state index is -0.404. The monoisotopic (exact) mass is 595 g/mol. The lowest BCUT2D eigenvalue weighted by molar-refractivity contribution is -0.384. The van der Waals surface area contributed by atoms with Crippen molar-refractivity contribution < 1.29 is 9.31 Å². The number of nitrogens with zero attached hydrogens (tertiary/aromatic N) is 4. The Bertz CT molecular complexity index is 1780. The van der Waals surface area contributed by atoms with E-state index in [1.54, 1.807) is 30.5 Å². The number of para-hydroxylation sites is 1. The number of nitro benzene ring substituents is 1. The van der Waals surface area contributed by atoms with Crippen molar-refractivity contribution in [1.29, 1.82) is 0 Å². The fraction of sp³-hybridized carbons (Fsp3) is 0.125. The zero-order valence-electron chi connectivity index (χ0n) is 22.8. The minimum Gasteiger partial charge on any atom is -0.351 e. The molecule has 0 saturated carbocycles. The Kier molecular flexibility index (Phi) is 7.49. The van der Waals surface area contributed by atoms with Crippen LogP contribution in [0.5, 0.6) is 0 Å². The third-order valence-corrected chi connectivity index (χ3v) is 8.71. The Morgan fingerprint density at radius 1 is 0.952 bits per heavy atom. The van der Waals surface area contributed by atoms with Crippen LogP contribution in [0.4, 0.5) is 15.8 Å². The Morgan fingerprint density at radius 3 is 2.26 bits per heavy atom. The van der Waals surface area contributed by atoms with Gasteiger partial charge in [-0.2, -0.15) is 0 Å². The molecule has 0 radical (unpaired) electrons. The van der Waals surface area contributed by atoms with Gasteiger partial charge in [0, 0.05) is 45.2 Å². The maximum Gasteiger partial charge on any atom is 0.269 e. The molecule has 1 fully saturated rings. The third kappa shape index (κ3) is 5.15. The number of nitro groups is 1. The molecule has 1 saturated heterocycles. The molecule has 2 atom stereocenters. The van der Waals surface area contributed by atoms with E-state index >= 15 is 0 Å². The van der Waals surface area contributed by atoms with Crippen LogP contribution in [-0.2, 0) is 0 Å². The van der Waals surface area contributed by atoms with Crippen molar-refractivity contribution in [2.75, 3.05) is 4.90 Å². The van der Waals surface area contributed by atoms with E-state index in [-0.39, 0.29) is 23.6 Å². The third-order valence-electron chi connectivity index (χ3n) is 7.38. The molecule has 0 spiro atoms. The average Bonchev–Trinajstić information content (AvgIpc) is 3.49. The summed E-state index contributed by atoms with van der Waals surface area (Å²) in [5.74, 6) is -0.287. The van der Waals surface area contributed by atoms with Crippen LogP contribution in [-0.4, -0.2) is 19.6 Å². The molecule has 0 unspecified atom stereocenters. The smallest absolute Gasteiger partial charge is 0.269 e. The molecule has 1 aliphatic rings. The molecule has 1 aliphatic heterocycles. The maximum atomic E-state index is 14.9. The van der Waals surface area contributed by atoms with Gasteiger partial charge in [0.1, 0.15) is 5.82 Å². The molecule has 0 bridgehead atoms. The van der Waals surface area contributed by atoms with Crippen molar-refractivity contribution >= 4 is 40.5 Å². The normalized spacial score (nSPS) is 16.5. The fourth-order valence-corrected chi connectivity index (χ4v) is 6.65. The van der Waals surface area contributed by atoms with Gasteiger partial charge < -0.3 is 14.8 Å². The Balaban J connectivity index is 1.38. The lowest BCUT2D eigenvalue weighted by Crippen LogP contribution is -2.29. The van der Waals surface area contributed by atoms with Gasteiger partial charge in [-0.3, -0.25) is 15.1 Å². The van der Waals surface area contributed by atoms with Gasteiger partial charge in [-0.05, 0) is 98.4 Å². The maximum absolute atomic E-state index is 14.9. The summed E-state index contributed by atoms with van der Waals surface area (Å²) in [6.45, 7) is 3.99. The van der Waals surface area contributed by atoms with Gasteiger partial charge >= 0.3 is 0 Å². The molecule has 5 aromatic rings. The highest BCUT2D eigenvalue weighted by molar-refractivity contribution is 7.99. The predicted molar refractivity (Wildman–Crippen MR) is 167 cm³/mol. The van der Waals surface area contributed by atoms with E-state index in [4.69, 9.17) is 12.2 Å². The van der Waals surface area contributed by atoms with Crippen molar-refractivity contribution in [2.45, 2.75) is 35.7 Å². The summed E-state index contributed by atoms with van der Waals surface area (Å²) in [5, 5.41) is 15.1. The van der Waals surface area contributed by atoms with Crippen molar-refractivity contribution in [3.05, 3.63) is 142 Å². The van der Waals surface area contributed by atoms with Crippen LogP contribution in [0.25, 0.3) is 5.69 Å². The molecule has 1 N–H and O–H groups in total. The number of halogens is 1. The summed E-state index contributed by atoms with van der Waals surface area (Å²) in [5.41, 5.74) is 5.18. The second-order valence-electron chi connectivity index (χ2n) is 9.96. The number of thiocarbonyl (C=S) groups is 1. The predicted octanol–water partition coefficient (Wildman–Crippen LogP) is 7.86. The average molecular weight is 596 g/mol. The van der Waals surface area contributed by atoms with E-state index < -0.39 is 4.92 Å². The number of anilines is 1. The van der Waals surface area contributed by atoms with Crippen LogP contribution >= 0.6 is 24.0 Å². The van der Waals surface area contributed by atoms with Gasteiger partial charge in [0.2, 0.25) is 0 Å². The first-order chi connectivity index (χ1) is 20.3.